The van der Waals surface area contributed by atoms with Gasteiger partial charge in [-0.1, -0.05) is 0 Å². The van der Waals surface area contributed by atoms with E-state index < -0.39 is 0 Å². The monoisotopic (exact) mass is 317 g/mol. The molecule has 0 bridgehead atoms. The van der Waals surface area contributed by atoms with Crippen LogP contribution in [0.1, 0.15) is 23.2 Å². The third-order valence-corrected chi connectivity index (χ3v) is 3.73. The van der Waals surface area contributed by atoms with E-state index in [0.717, 1.165) is 12.8 Å². The van der Waals surface area contributed by atoms with Gasteiger partial charge in [0.2, 0.25) is 11.8 Å². The Morgan fingerprint density at radius 2 is 2.30 bits per heavy atom. The van der Waals surface area contributed by atoms with Gasteiger partial charge < -0.3 is 14.4 Å². The number of hydrogen-bond donors (Lipinski definition) is 0. The van der Waals surface area contributed by atoms with Crippen LogP contribution in [0.2, 0.25) is 0 Å². The number of amides is 1. The van der Waals surface area contributed by atoms with Gasteiger partial charge >= 0.3 is 0 Å². The molecule has 1 aliphatic heterocycles. The predicted molar refractivity (Wildman–Crippen MR) is 81.3 cm³/mol. The molecule has 1 aliphatic rings. The number of rotatable bonds is 4. The van der Waals surface area contributed by atoms with E-state index in [0.29, 0.717) is 30.4 Å². The summed E-state index contributed by atoms with van der Waals surface area (Å²) >= 11 is 0. The highest BCUT2D eigenvalue weighted by Crippen LogP contribution is 2.21. The topological polar surface area (TPSA) is 82.4 Å². The fraction of sp³-hybridized carbons (Fsp3) is 0.467. The van der Waals surface area contributed by atoms with Crippen LogP contribution in [0.3, 0.4) is 0 Å². The van der Waals surface area contributed by atoms with E-state index in [-0.39, 0.29) is 12.0 Å². The summed E-state index contributed by atoms with van der Waals surface area (Å²) in [4.78, 5) is 22.4. The molecule has 1 atom stereocenters. The molecule has 122 valence electrons. The molecule has 2 aromatic heterocycles. The standard InChI is InChI=1S/C15H19N5O3/c1-19-9-12(14(18-19)22-2)15(21)20-7-3-4-11(8-20)23-13-5-6-16-10-17-13/h5-6,9-11H,3-4,7-8H2,1-2H3/t11-/m1/s1. The average Bonchev–Trinajstić information content (AvgIpc) is 2.96. The Hall–Kier alpha value is -2.64. The molecule has 0 N–H and O–H groups in total. The number of likely N-dealkylation sites (tertiary alicyclic amines) is 1. The lowest BCUT2D eigenvalue weighted by Gasteiger charge is -2.32. The Morgan fingerprint density at radius 3 is 3.04 bits per heavy atom. The smallest absolute Gasteiger partial charge is 0.261 e. The molecule has 2 aromatic rings. The maximum absolute atomic E-state index is 12.7. The summed E-state index contributed by atoms with van der Waals surface area (Å²) < 4.78 is 12.6. The zero-order chi connectivity index (χ0) is 16.2. The number of nitrogens with zero attached hydrogens (tertiary/aromatic N) is 5. The number of carbonyl (C=O) groups excluding carboxylic acids is 1. The SMILES string of the molecule is COc1nn(C)cc1C(=O)N1CCC[C@@H](Oc2ccncn2)C1. The second kappa shape index (κ2) is 6.64. The summed E-state index contributed by atoms with van der Waals surface area (Å²) in [6, 6.07) is 1.71. The van der Waals surface area contributed by atoms with Crippen LogP contribution in [0.4, 0.5) is 0 Å². The minimum absolute atomic E-state index is 0.0785. The third kappa shape index (κ3) is 3.41. The van der Waals surface area contributed by atoms with Gasteiger partial charge in [0.25, 0.3) is 5.91 Å². The zero-order valence-electron chi connectivity index (χ0n) is 13.2. The molecule has 1 saturated heterocycles. The molecule has 0 aromatic carbocycles. The number of methoxy groups -OCH3 is 1. The minimum Gasteiger partial charge on any atom is -0.479 e. The third-order valence-electron chi connectivity index (χ3n) is 3.73. The molecule has 23 heavy (non-hydrogen) atoms. The molecule has 0 aliphatic carbocycles. The van der Waals surface area contributed by atoms with Gasteiger partial charge in [-0.15, -0.1) is 5.10 Å². The Balaban J connectivity index is 1.69. The summed E-state index contributed by atoms with van der Waals surface area (Å²) in [5.41, 5.74) is 0.470. The summed E-state index contributed by atoms with van der Waals surface area (Å²) in [5.74, 6) is 0.778. The highest BCUT2D eigenvalue weighted by Gasteiger charge is 2.28. The van der Waals surface area contributed by atoms with Gasteiger partial charge in [0, 0.05) is 32.1 Å². The lowest BCUT2D eigenvalue weighted by molar-refractivity contribution is 0.0524. The summed E-state index contributed by atoms with van der Waals surface area (Å²) in [5, 5.41) is 4.13. The van der Waals surface area contributed by atoms with E-state index >= 15 is 0 Å². The van der Waals surface area contributed by atoms with Crippen molar-refractivity contribution in [1.82, 2.24) is 24.6 Å². The molecule has 0 unspecified atom stereocenters. The van der Waals surface area contributed by atoms with Crippen molar-refractivity contribution in [3.05, 3.63) is 30.4 Å². The molecule has 0 spiro atoms. The quantitative estimate of drug-likeness (QED) is 0.833. The van der Waals surface area contributed by atoms with Crippen LogP contribution in [0.5, 0.6) is 11.8 Å². The summed E-state index contributed by atoms with van der Waals surface area (Å²) in [6.07, 6.45) is 6.44. The minimum atomic E-state index is -0.0917. The van der Waals surface area contributed by atoms with Crippen molar-refractivity contribution >= 4 is 5.91 Å². The highest BCUT2D eigenvalue weighted by molar-refractivity contribution is 5.96. The van der Waals surface area contributed by atoms with Crippen molar-refractivity contribution in [2.75, 3.05) is 20.2 Å². The molecular formula is C15H19N5O3. The van der Waals surface area contributed by atoms with Gasteiger partial charge in [0.1, 0.15) is 18.0 Å². The second-order valence-electron chi connectivity index (χ2n) is 5.41. The van der Waals surface area contributed by atoms with Crippen LogP contribution < -0.4 is 9.47 Å². The van der Waals surface area contributed by atoms with Crippen LogP contribution in [0.25, 0.3) is 0 Å². The van der Waals surface area contributed by atoms with Gasteiger partial charge in [0.05, 0.1) is 13.7 Å². The first kappa shape index (κ1) is 15.3. The number of ether oxygens (including phenoxy) is 2. The molecule has 8 heteroatoms. The van der Waals surface area contributed by atoms with Gasteiger partial charge in [-0.25, -0.2) is 9.97 Å². The number of hydrogen-bond acceptors (Lipinski definition) is 6. The maximum atomic E-state index is 12.7. The number of carbonyl (C=O) groups is 1. The molecule has 0 saturated carbocycles. The van der Waals surface area contributed by atoms with E-state index in [1.165, 1.54) is 13.4 Å². The van der Waals surface area contributed by atoms with Gasteiger partial charge in [-0.3, -0.25) is 9.48 Å². The summed E-state index contributed by atoms with van der Waals surface area (Å²) in [6.45, 7) is 1.21. The van der Waals surface area contributed by atoms with Crippen molar-refractivity contribution in [1.29, 1.82) is 0 Å². The second-order valence-corrected chi connectivity index (χ2v) is 5.41. The van der Waals surface area contributed by atoms with Crippen molar-refractivity contribution in [2.45, 2.75) is 18.9 Å². The predicted octanol–water partition coefficient (Wildman–Crippen LogP) is 0.902. The first-order valence-corrected chi connectivity index (χ1v) is 7.47. The first-order valence-electron chi connectivity index (χ1n) is 7.47. The lowest BCUT2D eigenvalue weighted by atomic mass is 10.1. The first-order chi connectivity index (χ1) is 11.2. The maximum Gasteiger partial charge on any atom is 0.261 e. The zero-order valence-corrected chi connectivity index (χ0v) is 13.2. The fourth-order valence-corrected chi connectivity index (χ4v) is 2.67. The molecule has 8 nitrogen and oxygen atoms in total. The van der Waals surface area contributed by atoms with Crippen molar-refractivity contribution < 1.29 is 14.3 Å². The Morgan fingerprint density at radius 1 is 1.43 bits per heavy atom. The van der Waals surface area contributed by atoms with E-state index in [4.69, 9.17) is 9.47 Å². The van der Waals surface area contributed by atoms with E-state index in [2.05, 4.69) is 15.1 Å². The average molecular weight is 317 g/mol. The Kier molecular flexibility index (Phi) is 4.40. The van der Waals surface area contributed by atoms with Crippen LogP contribution in [-0.4, -0.2) is 56.9 Å². The van der Waals surface area contributed by atoms with Gasteiger partial charge in [-0.05, 0) is 12.8 Å². The van der Waals surface area contributed by atoms with Gasteiger partial charge in [0.15, 0.2) is 0 Å². The van der Waals surface area contributed by atoms with E-state index in [9.17, 15) is 4.79 Å². The largest absolute Gasteiger partial charge is 0.479 e. The van der Waals surface area contributed by atoms with E-state index in [1.54, 1.807) is 35.1 Å². The summed E-state index contributed by atoms with van der Waals surface area (Å²) in [7, 11) is 3.27. The molecule has 1 fully saturated rings. The van der Waals surface area contributed by atoms with Crippen molar-refractivity contribution in [3.8, 4) is 11.8 Å². The molecule has 3 heterocycles. The van der Waals surface area contributed by atoms with Crippen LogP contribution in [-0.2, 0) is 7.05 Å². The molecule has 0 radical (unpaired) electrons. The normalized spacial score (nSPS) is 17.8. The van der Waals surface area contributed by atoms with Crippen molar-refractivity contribution in [3.63, 3.8) is 0 Å². The Labute approximate surface area is 134 Å². The van der Waals surface area contributed by atoms with Gasteiger partial charge in [-0.2, -0.15) is 0 Å². The van der Waals surface area contributed by atoms with Crippen LogP contribution >= 0.6 is 0 Å². The Bertz CT molecular complexity index is 673. The van der Waals surface area contributed by atoms with E-state index in [1.807, 2.05) is 0 Å². The highest BCUT2D eigenvalue weighted by atomic mass is 16.5. The van der Waals surface area contributed by atoms with Crippen LogP contribution in [0, 0.1) is 0 Å². The fourth-order valence-electron chi connectivity index (χ4n) is 2.67. The number of aromatic nitrogens is 4. The molecular weight excluding hydrogens is 298 g/mol. The van der Waals surface area contributed by atoms with Crippen molar-refractivity contribution in [2.24, 2.45) is 7.05 Å². The lowest BCUT2D eigenvalue weighted by Crippen LogP contribution is -2.44. The number of piperidine rings is 1. The molecule has 1 amide bonds. The number of aryl methyl sites for hydroxylation is 1. The van der Waals surface area contributed by atoms with Crippen LogP contribution in [0.15, 0.2) is 24.8 Å². The molecule has 3 rings (SSSR count).